The predicted molar refractivity (Wildman–Crippen MR) is 134 cm³/mol. The van der Waals surface area contributed by atoms with Gasteiger partial charge >= 0.3 is 17.5 Å². The van der Waals surface area contributed by atoms with Crippen LogP contribution in [-0.2, 0) is 17.7 Å². The zero-order chi connectivity index (χ0) is 24.9. The number of nitrogens with zero attached hydrogens (tertiary/aromatic N) is 1. The van der Waals surface area contributed by atoms with Crippen molar-refractivity contribution in [1.29, 1.82) is 0 Å². The third-order valence-electron chi connectivity index (χ3n) is 6.63. The average molecular weight is 481 g/mol. The first-order valence-corrected chi connectivity index (χ1v) is 11.5. The van der Waals surface area contributed by atoms with Crippen LogP contribution in [-0.4, -0.2) is 27.0 Å². The molecule has 36 heavy (non-hydrogen) atoms. The number of carbonyl (C=O) groups excluding carboxylic acids is 1. The number of aromatic hydroxyl groups is 1. The minimum absolute atomic E-state index is 0.0175. The summed E-state index contributed by atoms with van der Waals surface area (Å²) in [6.07, 6.45) is 0.493. The molecule has 0 fully saturated rings. The Labute approximate surface area is 205 Å². The summed E-state index contributed by atoms with van der Waals surface area (Å²) in [7, 11) is 0. The number of nitrogens with one attached hydrogen (secondary N) is 2. The van der Waals surface area contributed by atoms with Gasteiger partial charge in [-0.3, -0.25) is 4.79 Å². The molecule has 1 atom stereocenters. The summed E-state index contributed by atoms with van der Waals surface area (Å²) in [5.74, 6) is 0.0881. The Morgan fingerprint density at radius 3 is 2.42 bits per heavy atom. The second-order valence-electron chi connectivity index (χ2n) is 8.98. The number of hydrogen-bond donors (Lipinski definition) is 4. The smallest absolute Gasteiger partial charge is 0.394 e. The van der Waals surface area contributed by atoms with Crippen LogP contribution in [0.5, 0.6) is 5.75 Å². The molecule has 2 heterocycles. The summed E-state index contributed by atoms with van der Waals surface area (Å²) in [6.45, 7) is 0. The van der Waals surface area contributed by atoms with Crippen LogP contribution in [0.3, 0.4) is 0 Å². The van der Waals surface area contributed by atoms with E-state index in [1.165, 1.54) is 22.8 Å². The highest BCUT2D eigenvalue weighted by molar-refractivity contribution is 6.04. The quantitative estimate of drug-likeness (QED) is 0.132. The second-order valence-corrected chi connectivity index (χ2v) is 8.98. The van der Waals surface area contributed by atoms with E-state index in [1.54, 1.807) is 36.4 Å². The fourth-order valence-electron chi connectivity index (χ4n) is 4.89. The molecule has 1 aliphatic heterocycles. The lowest BCUT2D eigenvalue weighted by atomic mass is 10.0. The van der Waals surface area contributed by atoms with Crippen LogP contribution in [0.2, 0.25) is 0 Å². The van der Waals surface area contributed by atoms with Gasteiger partial charge in [0.25, 0.3) is 0 Å². The maximum absolute atomic E-state index is 13.9. The van der Waals surface area contributed by atoms with E-state index in [-0.39, 0.29) is 17.6 Å². The third-order valence-corrected chi connectivity index (χ3v) is 6.63. The third kappa shape index (κ3) is 3.51. The molecule has 6 rings (SSSR count). The number of aromatic nitrogens is 2. The fourth-order valence-corrected chi connectivity index (χ4v) is 4.89. The maximum Gasteiger partial charge on any atom is 0.394 e. The molecule has 0 amide bonds. The monoisotopic (exact) mass is 480 g/mol. The number of phenolic OH excluding ortho intramolecular Hbond substituents is 1. The van der Waals surface area contributed by atoms with Crippen molar-refractivity contribution in [2.75, 3.05) is 5.32 Å². The summed E-state index contributed by atoms with van der Waals surface area (Å²) in [6, 6.07) is 24.5. The van der Waals surface area contributed by atoms with Crippen LogP contribution in [0.4, 0.5) is 5.82 Å². The molecule has 0 unspecified atom stereocenters. The van der Waals surface area contributed by atoms with Crippen LogP contribution in [0.25, 0.3) is 21.8 Å². The Kier molecular flexibility index (Phi) is 5.06. The lowest BCUT2D eigenvalue weighted by Crippen LogP contribution is -2.54. The van der Waals surface area contributed by atoms with Gasteiger partial charge in [0.05, 0.1) is 11.9 Å². The van der Waals surface area contributed by atoms with Crippen LogP contribution in [0.1, 0.15) is 21.6 Å². The first-order chi connectivity index (χ1) is 17.5. The van der Waals surface area contributed by atoms with Crippen LogP contribution in [0, 0.1) is 0 Å². The Morgan fingerprint density at radius 1 is 0.889 bits per heavy atom. The van der Waals surface area contributed by atoms with Crippen molar-refractivity contribution in [3.63, 3.8) is 0 Å². The Hall–Kier alpha value is -4.53. The van der Waals surface area contributed by atoms with Crippen molar-refractivity contribution in [3.05, 3.63) is 112 Å². The topological polar surface area (TPSA) is 116 Å². The molecule has 8 heteroatoms. The van der Waals surface area contributed by atoms with Gasteiger partial charge < -0.3 is 10.1 Å². The van der Waals surface area contributed by atoms with Gasteiger partial charge in [-0.15, -0.1) is 0 Å². The second kappa shape index (κ2) is 8.30. The van der Waals surface area contributed by atoms with E-state index in [4.69, 9.17) is 4.89 Å². The van der Waals surface area contributed by atoms with Gasteiger partial charge in [-0.2, -0.15) is 9.45 Å². The molecule has 8 nitrogen and oxygen atoms in total. The van der Waals surface area contributed by atoms with E-state index in [2.05, 4.69) is 10.3 Å². The average Bonchev–Trinajstić information content (AvgIpc) is 3.18. The van der Waals surface area contributed by atoms with Gasteiger partial charge in [-0.05, 0) is 59.0 Å². The van der Waals surface area contributed by atoms with E-state index in [1.807, 2.05) is 30.3 Å². The van der Waals surface area contributed by atoms with Gasteiger partial charge in [-0.25, -0.2) is 15.4 Å². The van der Waals surface area contributed by atoms with Gasteiger partial charge in [-0.1, -0.05) is 42.5 Å². The summed E-state index contributed by atoms with van der Waals surface area (Å²) in [5, 5.41) is 24.4. The Morgan fingerprint density at radius 2 is 1.67 bits per heavy atom. The predicted octanol–water partition coefficient (Wildman–Crippen LogP) is 3.76. The normalized spacial score (nSPS) is 16.9. The molecular weight excluding hydrogens is 458 g/mol. The zero-order valence-corrected chi connectivity index (χ0v) is 19.1. The van der Waals surface area contributed by atoms with Crippen molar-refractivity contribution in [2.24, 2.45) is 0 Å². The Bertz CT molecular complexity index is 1700. The van der Waals surface area contributed by atoms with Crippen molar-refractivity contribution < 1.29 is 24.6 Å². The standard InChI is InChI=1S/C28H21N3O5/c32-20-9-6-18(7-10-20)16-28(36-35)27(34)31-24-13-8-19-15-21(33)11-12-22(19)25(24)29-23(26(31)30-28)14-17-4-2-1-3-5-17/h1-13,15,32-33,35H,14,16H2/p+1/t28-/m0/s1. The van der Waals surface area contributed by atoms with Crippen LogP contribution in [0.15, 0.2) is 89.7 Å². The van der Waals surface area contributed by atoms with Crippen molar-refractivity contribution in [1.82, 2.24) is 4.98 Å². The minimum Gasteiger partial charge on any atom is -0.508 e. The van der Waals surface area contributed by atoms with E-state index in [9.17, 15) is 20.0 Å². The number of phenols is 1. The SMILES string of the molecule is O=C1[n+]2c(c(Cc3ccccc3)[nH]c3c4ccc(=O)cc4ccc32)N[C@@]1(Cc1ccc(O)cc1)OO. The molecule has 4 aromatic carbocycles. The van der Waals surface area contributed by atoms with Crippen molar-refractivity contribution >= 4 is 33.5 Å². The summed E-state index contributed by atoms with van der Waals surface area (Å²) in [4.78, 5) is 34.2. The molecule has 4 N–H and O–H groups in total. The van der Waals surface area contributed by atoms with Crippen molar-refractivity contribution in [3.8, 4) is 5.75 Å². The largest absolute Gasteiger partial charge is 0.508 e. The molecule has 0 radical (unpaired) electrons. The number of rotatable bonds is 5. The summed E-state index contributed by atoms with van der Waals surface area (Å²) in [5.41, 5.74) is 1.82. The molecular formula is C28H22N3O5+. The lowest BCUT2D eigenvalue weighted by molar-refractivity contribution is -0.531. The van der Waals surface area contributed by atoms with E-state index in [0.717, 1.165) is 16.3 Å². The first-order valence-electron chi connectivity index (χ1n) is 11.5. The van der Waals surface area contributed by atoms with E-state index < -0.39 is 11.6 Å². The number of carbonyl (C=O) groups is 1. The van der Waals surface area contributed by atoms with Crippen LogP contribution >= 0.6 is 0 Å². The molecule has 0 saturated heterocycles. The summed E-state index contributed by atoms with van der Waals surface area (Å²) < 4.78 is 1.52. The number of H-pyrrole nitrogens is 1. The highest BCUT2D eigenvalue weighted by atomic mass is 17.1. The Balaban J connectivity index is 1.58. The van der Waals surface area contributed by atoms with Crippen LogP contribution < -0.4 is 15.3 Å². The zero-order valence-electron chi connectivity index (χ0n) is 19.1. The number of hydrogen-bond acceptors (Lipinski definition) is 6. The molecule has 0 spiro atoms. The lowest BCUT2D eigenvalue weighted by Gasteiger charge is -2.17. The molecule has 0 saturated carbocycles. The van der Waals surface area contributed by atoms with Gasteiger partial charge in [0.2, 0.25) is 0 Å². The molecule has 0 bridgehead atoms. The highest BCUT2D eigenvalue weighted by Crippen LogP contribution is 2.32. The first kappa shape index (κ1) is 22.0. The molecule has 178 valence electrons. The number of fused-ring (bicyclic) bond motifs is 5. The molecule has 0 aliphatic carbocycles. The van der Waals surface area contributed by atoms with Gasteiger partial charge in [0, 0.05) is 11.8 Å². The minimum atomic E-state index is -1.77. The molecule has 1 aromatic heterocycles. The number of anilines is 1. The van der Waals surface area contributed by atoms with Gasteiger partial charge in [0.1, 0.15) is 11.4 Å². The fraction of sp³-hybridized carbons (Fsp3) is 0.107. The van der Waals surface area contributed by atoms with Gasteiger partial charge in [0.15, 0.2) is 10.9 Å². The van der Waals surface area contributed by atoms with Crippen molar-refractivity contribution in [2.45, 2.75) is 18.6 Å². The van der Waals surface area contributed by atoms with E-state index >= 15 is 0 Å². The van der Waals surface area contributed by atoms with E-state index in [0.29, 0.717) is 34.5 Å². The highest BCUT2D eigenvalue weighted by Gasteiger charge is 2.57. The maximum atomic E-state index is 13.9. The molecule has 1 aliphatic rings. The number of benzene rings is 4. The summed E-state index contributed by atoms with van der Waals surface area (Å²) >= 11 is 0. The molecule has 5 aromatic rings. The number of aromatic amines is 1.